The predicted octanol–water partition coefficient (Wildman–Crippen LogP) is 32.8. The Bertz CT molecular complexity index is 9940. The van der Waals surface area contributed by atoms with E-state index in [1.165, 1.54) is 0 Å². The molecule has 0 atom stereocenters. The van der Waals surface area contributed by atoms with Crippen LogP contribution in [0.25, 0.3) is 285 Å². The minimum Gasteiger partial charge on any atom is -0.456 e. The van der Waals surface area contributed by atoms with Gasteiger partial charge in [0.05, 0.1) is 38.7 Å². The van der Waals surface area contributed by atoms with Crippen molar-refractivity contribution in [3.05, 3.63) is 492 Å². The lowest BCUT2D eigenvalue weighted by Crippen LogP contribution is -2.05. The van der Waals surface area contributed by atoms with Gasteiger partial charge >= 0.3 is 0 Å². The molecule has 0 saturated heterocycles. The molecule has 12 heterocycles. The zero-order valence-electron chi connectivity index (χ0n) is 80.2. The van der Waals surface area contributed by atoms with Crippen molar-refractivity contribution in [2.45, 2.75) is 0 Å². The van der Waals surface area contributed by atoms with Crippen LogP contribution in [0.2, 0.25) is 0 Å². The minimum atomic E-state index is 0.514. The third-order valence-corrected chi connectivity index (χ3v) is 27.9. The lowest BCUT2D eigenvalue weighted by molar-refractivity contribution is 0.668. The standard InChI is InChI=1S/3C44H27N5O/c1-3-12-28(13-4-1)41-46-42(29-14-5-2-6-15-29)48-43(47-41)36-18-11-25-45-44(36)49-37-19-9-7-16-32(37)33-23-21-30(26-38(33)49)31-22-24-35-34-17-8-10-20-39(34)50-40(35)27-31;1-3-12-28(13-4-1)42-46-43(29-14-5-2-6-15-29)48-44(47-42)36-18-11-21-41(45-36)49-37-19-9-7-16-32(37)33-24-22-30(26-38(33)49)31-23-25-35-34-17-8-10-20-39(34)50-40(35)27-31;1-3-11-28(12-4-1)42-46-43(29-13-5-2-6-14-29)48-44(47-42)32-23-24-45-41(27-32)49-37-17-9-7-15-33(37)34-21-19-30(25-38(34)49)31-20-22-36-35-16-8-10-18-39(35)50-40(36)26-31/h3*1-27H. The molecule has 0 bridgehead atoms. The number of hydrogen-bond donors (Lipinski definition) is 0. The number of furan rings is 3. The molecule has 150 heavy (non-hydrogen) atoms. The summed E-state index contributed by atoms with van der Waals surface area (Å²) in [6.45, 7) is 0. The lowest BCUT2D eigenvalue weighted by atomic mass is 10.0. The zero-order valence-corrected chi connectivity index (χ0v) is 80.2. The van der Waals surface area contributed by atoms with E-state index in [1.54, 1.807) is 0 Å². The Hall–Kier alpha value is -20.8. The van der Waals surface area contributed by atoms with Crippen molar-refractivity contribution in [2.24, 2.45) is 0 Å². The van der Waals surface area contributed by atoms with Crippen molar-refractivity contribution in [2.75, 3.05) is 0 Å². The second-order valence-corrected chi connectivity index (χ2v) is 37.0. The zero-order chi connectivity index (χ0) is 99.1. The van der Waals surface area contributed by atoms with Crippen molar-refractivity contribution in [1.29, 1.82) is 0 Å². The van der Waals surface area contributed by atoms with Gasteiger partial charge in [0.2, 0.25) is 0 Å². The molecule has 0 amide bonds. The van der Waals surface area contributed by atoms with Gasteiger partial charge in [0.15, 0.2) is 52.4 Å². The van der Waals surface area contributed by atoms with Gasteiger partial charge in [-0.05, 0) is 161 Å². The number of hydrogen-bond acceptors (Lipinski definition) is 15. The van der Waals surface area contributed by atoms with Gasteiger partial charge in [0.1, 0.15) is 56.6 Å². The largest absolute Gasteiger partial charge is 0.456 e. The summed E-state index contributed by atoms with van der Waals surface area (Å²) in [5, 5.41) is 13.6. The molecule has 0 radical (unpaired) electrons. The van der Waals surface area contributed by atoms with Crippen molar-refractivity contribution in [3.8, 4) is 153 Å². The first-order valence-electron chi connectivity index (χ1n) is 49.7. The van der Waals surface area contributed by atoms with Crippen LogP contribution in [-0.2, 0) is 0 Å². The fourth-order valence-electron chi connectivity index (χ4n) is 20.8. The highest BCUT2D eigenvalue weighted by Crippen LogP contribution is 2.45. The van der Waals surface area contributed by atoms with Gasteiger partial charge in [-0.1, -0.05) is 352 Å². The molecule has 0 fully saturated rings. The summed E-state index contributed by atoms with van der Waals surface area (Å²) in [6, 6.07) is 163. The first-order chi connectivity index (χ1) is 74.3. The summed E-state index contributed by atoms with van der Waals surface area (Å²) in [6.07, 6.45) is 3.66. The number of para-hydroxylation sites is 6. The number of pyridine rings is 3. The number of rotatable bonds is 15. The van der Waals surface area contributed by atoms with E-state index in [9.17, 15) is 0 Å². The SMILES string of the molecule is c1ccc(-c2nc(-c3ccccc3)nc(-c3cccc(-n4c5ccccc5c5ccc(-c6ccc7c(c6)oc6ccccc67)cc54)n3)n2)cc1.c1ccc(-c2nc(-c3ccccc3)nc(-c3cccnc3-n3c4ccccc4c4ccc(-c5ccc6c(c5)oc5ccccc56)cc43)n2)cc1.c1ccc(-c2nc(-c3ccccc3)nc(-c3ccnc(-n4c5ccccc5c5ccc(-c6ccc7c(c6)oc6ccccc67)cc54)c3)n2)cc1. The van der Waals surface area contributed by atoms with Crippen molar-refractivity contribution < 1.29 is 13.3 Å². The molecule has 0 N–H and O–H groups in total. The number of nitrogens with zero attached hydrogens (tertiary/aromatic N) is 15. The molecule has 0 unspecified atom stereocenters. The van der Waals surface area contributed by atoms with Crippen LogP contribution in [0.15, 0.2) is 505 Å². The Balaban J connectivity index is 0.000000108. The highest BCUT2D eigenvalue weighted by molar-refractivity contribution is 6.15. The van der Waals surface area contributed by atoms with Crippen molar-refractivity contribution in [1.82, 2.24) is 73.5 Å². The van der Waals surface area contributed by atoms with Crippen LogP contribution in [0.4, 0.5) is 0 Å². The van der Waals surface area contributed by atoms with Crippen molar-refractivity contribution >= 4 is 131 Å². The second kappa shape index (κ2) is 36.9. The Morgan fingerprint density at radius 2 is 0.433 bits per heavy atom. The van der Waals surface area contributed by atoms with E-state index >= 15 is 0 Å². The first kappa shape index (κ1) is 87.1. The maximum Gasteiger partial charge on any atom is 0.182 e. The predicted molar refractivity (Wildman–Crippen MR) is 603 cm³/mol. The molecule has 30 aromatic rings. The molecule has 18 heteroatoms. The van der Waals surface area contributed by atoms with Gasteiger partial charge in [0, 0.05) is 116 Å². The van der Waals surface area contributed by atoms with E-state index in [1.807, 2.05) is 285 Å². The summed E-state index contributed by atoms with van der Waals surface area (Å²) in [5.74, 6) is 7.61. The second-order valence-electron chi connectivity index (χ2n) is 37.0. The van der Waals surface area contributed by atoms with E-state index in [2.05, 4.69) is 220 Å². The van der Waals surface area contributed by atoms with Gasteiger partial charge in [0.25, 0.3) is 0 Å². The minimum absolute atomic E-state index is 0.514. The Morgan fingerprint density at radius 3 is 0.813 bits per heavy atom. The first-order valence-corrected chi connectivity index (χ1v) is 49.7. The smallest absolute Gasteiger partial charge is 0.182 e. The van der Waals surface area contributed by atoms with Crippen molar-refractivity contribution in [3.63, 3.8) is 0 Å². The van der Waals surface area contributed by atoms with Crippen LogP contribution in [-0.4, -0.2) is 73.5 Å². The van der Waals surface area contributed by atoms with Crippen LogP contribution >= 0.6 is 0 Å². The molecule has 0 aliphatic heterocycles. The summed E-state index contributed by atoms with van der Waals surface area (Å²) >= 11 is 0. The quantitative estimate of drug-likeness (QED) is 0.0935. The molecular weight excluding hydrogens is 1840 g/mol. The van der Waals surface area contributed by atoms with Gasteiger partial charge in [-0.3, -0.25) is 13.7 Å². The molecule has 702 valence electrons. The molecule has 0 saturated carbocycles. The van der Waals surface area contributed by atoms with Crippen LogP contribution in [0.5, 0.6) is 0 Å². The average molecular weight is 1930 g/mol. The molecule has 0 aliphatic carbocycles. The van der Waals surface area contributed by atoms with Gasteiger partial charge < -0.3 is 13.3 Å². The summed E-state index contributed by atoms with van der Waals surface area (Å²) in [5.41, 5.74) is 26.0. The fourth-order valence-corrected chi connectivity index (χ4v) is 20.8. The molecule has 0 aliphatic rings. The number of aromatic nitrogens is 15. The van der Waals surface area contributed by atoms with Crippen LogP contribution in [0, 0.1) is 0 Å². The van der Waals surface area contributed by atoms with E-state index < -0.39 is 0 Å². The monoisotopic (exact) mass is 1920 g/mol. The van der Waals surface area contributed by atoms with E-state index in [0.717, 1.165) is 227 Å². The third-order valence-electron chi connectivity index (χ3n) is 27.9. The van der Waals surface area contributed by atoms with Crippen LogP contribution < -0.4 is 0 Å². The maximum absolute atomic E-state index is 6.26. The van der Waals surface area contributed by atoms with E-state index in [-0.39, 0.29) is 0 Å². The van der Waals surface area contributed by atoms with Gasteiger partial charge in [-0.15, -0.1) is 0 Å². The molecule has 30 rings (SSSR count). The van der Waals surface area contributed by atoms with E-state index in [0.29, 0.717) is 58.1 Å². The maximum atomic E-state index is 6.26. The van der Waals surface area contributed by atoms with Gasteiger partial charge in [-0.2, -0.15) is 0 Å². The normalized spacial score (nSPS) is 11.6. The molecule has 18 aromatic carbocycles. The molecule has 18 nitrogen and oxygen atoms in total. The highest BCUT2D eigenvalue weighted by Gasteiger charge is 2.26. The van der Waals surface area contributed by atoms with Gasteiger partial charge in [-0.25, -0.2) is 59.8 Å². The van der Waals surface area contributed by atoms with Crippen LogP contribution in [0.1, 0.15) is 0 Å². The Morgan fingerprint density at radius 1 is 0.147 bits per heavy atom. The Kier molecular flexibility index (Phi) is 21.4. The fraction of sp³-hybridized carbons (Fsp3) is 0. The summed E-state index contributed by atoms with van der Waals surface area (Å²) in [7, 11) is 0. The molecular formula is C132H81N15O3. The topological polar surface area (TPSA) is 209 Å². The third kappa shape index (κ3) is 15.8. The number of benzene rings is 18. The summed E-state index contributed by atoms with van der Waals surface area (Å²) in [4.78, 5) is 59.7. The van der Waals surface area contributed by atoms with Crippen LogP contribution in [0.3, 0.4) is 0 Å². The lowest BCUT2D eigenvalue weighted by Gasteiger charge is -2.14. The van der Waals surface area contributed by atoms with E-state index in [4.69, 9.17) is 73.1 Å². The molecule has 0 spiro atoms. The molecule has 12 aromatic heterocycles. The highest BCUT2D eigenvalue weighted by atomic mass is 16.3. The average Bonchev–Trinajstić information content (AvgIpc) is 1.57. The summed E-state index contributed by atoms with van der Waals surface area (Å²) < 4.78 is 25.4. The Labute approximate surface area is 857 Å². The number of fused-ring (bicyclic) bond motifs is 18.